The van der Waals surface area contributed by atoms with E-state index >= 15 is 0 Å². The molecule has 0 bridgehead atoms. The number of benzene rings is 18. The Morgan fingerprint density at radius 3 is 1.06 bits per heavy atom. The molecule has 24 aromatic rings. The van der Waals surface area contributed by atoms with E-state index in [0.29, 0.717) is 0 Å². The van der Waals surface area contributed by atoms with Gasteiger partial charge in [0.2, 0.25) is 0 Å². The Labute approximate surface area is 640 Å². The van der Waals surface area contributed by atoms with Crippen molar-refractivity contribution in [3.05, 3.63) is 388 Å². The van der Waals surface area contributed by atoms with Gasteiger partial charge in [-0.15, -0.1) is 22.7 Å². The second-order valence-electron chi connectivity index (χ2n) is 29.0. The lowest BCUT2D eigenvalue weighted by atomic mass is 9.99. The van der Waals surface area contributed by atoms with Crippen LogP contribution in [-0.2, 0) is 0 Å². The first-order valence-corrected chi connectivity index (χ1v) is 39.3. The Hall–Kier alpha value is -13.9. The average Bonchev–Trinajstić information content (AvgIpc) is 1.56. The number of para-hydroxylation sites is 2. The fraction of sp³-hybridized carbons (Fsp3) is 0. The summed E-state index contributed by atoms with van der Waals surface area (Å²) in [6.07, 6.45) is 0. The molecule has 0 saturated carbocycles. The number of nitrogens with zero attached hydrogens (tertiary/aromatic N) is 4. The van der Waals surface area contributed by atoms with E-state index in [1.807, 2.05) is 22.7 Å². The molecule has 6 aromatic heterocycles. The number of thiophene rings is 2. The number of hydrogen-bond acceptors (Lipinski definition) is 2. The van der Waals surface area contributed by atoms with Crippen LogP contribution in [0.15, 0.2) is 388 Å². The Balaban J connectivity index is 0.000000132. The molecule has 110 heavy (non-hydrogen) atoms. The molecule has 4 nitrogen and oxygen atoms in total. The van der Waals surface area contributed by atoms with Crippen LogP contribution >= 0.6 is 22.7 Å². The highest BCUT2D eigenvalue weighted by Gasteiger charge is 2.24. The van der Waals surface area contributed by atoms with E-state index in [1.165, 1.54) is 205 Å². The van der Waals surface area contributed by atoms with Crippen molar-refractivity contribution in [1.29, 1.82) is 0 Å². The summed E-state index contributed by atoms with van der Waals surface area (Å²) in [4.78, 5) is 0. The summed E-state index contributed by atoms with van der Waals surface area (Å²) in [5, 5.41) is 20.5. The van der Waals surface area contributed by atoms with Gasteiger partial charge in [-0.2, -0.15) is 0 Å². The lowest BCUT2D eigenvalue weighted by molar-refractivity contribution is 1.18. The minimum absolute atomic E-state index is 1.16. The third kappa shape index (κ3) is 9.70. The third-order valence-corrected chi connectivity index (χ3v) is 25.3. The Morgan fingerprint density at radius 1 is 0.164 bits per heavy atom. The molecule has 0 unspecified atom stereocenters. The molecule has 0 radical (unpaired) electrons. The second-order valence-corrected chi connectivity index (χ2v) is 31.1. The molecular weight excluding hydrogens is 1370 g/mol. The summed E-state index contributed by atoms with van der Waals surface area (Å²) >= 11 is 3.79. The summed E-state index contributed by atoms with van der Waals surface area (Å²) < 4.78 is 15.1. The van der Waals surface area contributed by atoms with Gasteiger partial charge in [0.1, 0.15) is 0 Å². The summed E-state index contributed by atoms with van der Waals surface area (Å²) in [6.45, 7) is 0. The number of fused-ring (bicyclic) bond motifs is 22. The van der Waals surface area contributed by atoms with E-state index in [0.717, 1.165) is 11.4 Å². The standard InChI is InChI=1S/2C52H32N2S/c1-2-12-33(13-3-1)35-16-10-17-38(30-35)53-48-28-25-37(32-44(48)51-49(53)29-26-42-41-20-7-9-23-50(41)55-52(42)51)36-24-27-47-43(31-36)40-19-6-8-21-46(40)54(47)45-22-11-15-34-14-4-5-18-39(34)45;1-2-12-33(13-3-1)35-16-10-17-38(30-35)53-47-27-25-37(32-43(47)51-48(53)28-29-50-52(51)41-20-7-9-23-49(41)55-50)36-24-26-46-42(31-36)40-19-6-8-21-45(40)54(46)44-22-11-15-34-14-4-5-18-39(34)44/h2*1-32H. The topological polar surface area (TPSA) is 19.7 Å². The zero-order valence-electron chi connectivity index (χ0n) is 59.6. The molecule has 6 heterocycles. The molecule has 0 aliphatic rings. The predicted molar refractivity (Wildman–Crippen MR) is 473 cm³/mol. The van der Waals surface area contributed by atoms with Gasteiger partial charge in [-0.25, -0.2) is 0 Å². The number of aromatic nitrogens is 4. The first-order chi connectivity index (χ1) is 54.6. The minimum atomic E-state index is 1.16. The van der Waals surface area contributed by atoms with Crippen LogP contribution in [0.25, 0.3) is 216 Å². The molecule has 0 atom stereocenters. The van der Waals surface area contributed by atoms with Crippen LogP contribution in [0.4, 0.5) is 0 Å². The molecular formula is C104H64N4S2. The highest BCUT2D eigenvalue weighted by atomic mass is 32.1. The first kappa shape index (κ1) is 62.3. The summed E-state index contributed by atoms with van der Waals surface area (Å²) in [6, 6.07) is 143. The van der Waals surface area contributed by atoms with E-state index in [-0.39, 0.29) is 0 Å². The van der Waals surface area contributed by atoms with Gasteiger partial charge < -0.3 is 18.3 Å². The van der Waals surface area contributed by atoms with Crippen molar-refractivity contribution in [1.82, 2.24) is 18.3 Å². The fourth-order valence-electron chi connectivity index (χ4n) is 18.1. The van der Waals surface area contributed by atoms with Crippen LogP contribution < -0.4 is 0 Å². The van der Waals surface area contributed by atoms with Crippen LogP contribution in [0.3, 0.4) is 0 Å². The molecule has 0 aliphatic heterocycles. The zero-order valence-corrected chi connectivity index (χ0v) is 61.2. The van der Waals surface area contributed by atoms with Gasteiger partial charge in [0.05, 0.1) is 55.5 Å². The van der Waals surface area contributed by atoms with Crippen LogP contribution in [-0.4, -0.2) is 18.3 Å². The molecule has 0 aliphatic carbocycles. The monoisotopic (exact) mass is 1430 g/mol. The Morgan fingerprint density at radius 2 is 0.527 bits per heavy atom. The van der Waals surface area contributed by atoms with Gasteiger partial charge in [-0.1, -0.05) is 261 Å². The summed E-state index contributed by atoms with van der Waals surface area (Å²) in [5.41, 5.74) is 24.2. The third-order valence-electron chi connectivity index (χ3n) is 23.0. The van der Waals surface area contributed by atoms with Crippen LogP contribution in [0.5, 0.6) is 0 Å². The molecule has 18 aromatic carbocycles. The normalized spacial score (nSPS) is 12.0. The van der Waals surface area contributed by atoms with Crippen molar-refractivity contribution in [2.45, 2.75) is 0 Å². The number of rotatable bonds is 8. The molecule has 0 saturated heterocycles. The van der Waals surface area contributed by atoms with Gasteiger partial charge >= 0.3 is 0 Å². The van der Waals surface area contributed by atoms with Gasteiger partial charge in [0.25, 0.3) is 0 Å². The first-order valence-electron chi connectivity index (χ1n) is 37.7. The number of hydrogen-bond donors (Lipinski definition) is 0. The maximum Gasteiger partial charge on any atom is 0.0555 e. The molecule has 24 rings (SSSR count). The van der Waals surface area contributed by atoms with Crippen LogP contribution in [0.2, 0.25) is 0 Å². The van der Waals surface area contributed by atoms with Crippen molar-refractivity contribution in [2.24, 2.45) is 0 Å². The maximum absolute atomic E-state index is 2.47. The molecule has 0 fully saturated rings. The van der Waals surface area contributed by atoms with E-state index in [4.69, 9.17) is 0 Å². The average molecular weight is 1430 g/mol. The van der Waals surface area contributed by atoms with E-state index in [2.05, 4.69) is 407 Å². The second kappa shape index (κ2) is 24.9. The molecule has 0 N–H and O–H groups in total. The largest absolute Gasteiger partial charge is 0.309 e. The molecule has 6 heteroatoms. The highest BCUT2D eigenvalue weighted by Crippen LogP contribution is 2.49. The molecule has 512 valence electrons. The molecule has 0 amide bonds. The fourth-order valence-corrected chi connectivity index (χ4v) is 20.4. The van der Waals surface area contributed by atoms with Crippen molar-refractivity contribution in [3.8, 4) is 67.3 Å². The Kier molecular flexibility index (Phi) is 14.1. The SMILES string of the molecule is c1ccc(-c2cccc(-n3c4ccc(-c5ccc6c(c5)c5ccccc5n6-c5cccc6ccccc56)cc4c4c5c(ccc43)sc3ccccc35)c2)cc1.c1ccc(-c2cccc(-n3c4ccc(-c5ccc6c(c5)c5ccccc5n6-c5cccc6ccccc56)cc4c4c5sc6ccccc6c5ccc43)c2)cc1. The van der Waals surface area contributed by atoms with Gasteiger partial charge in [0.15, 0.2) is 0 Å². The Bertz CT molecular complexity index is 7900. The quantitative estimate of drug-likeness (QED) is 0.144. The highest BCUT2D eigenvalue weighted by molar-refractivity contribution is 7.27. The maximum atomic E-state index is 2.47. The van der Waals surface area contributed by atoms with E-state index in [9.17, 15) is 0 Å². The van der Waals surface area contributed by atoms with Gasteiger partial charge in [0, 0.05) is 106 Å². The van der Waals surface area contributed by atoms with Crippen LogP contribution in [0, 0.1) is 0 Å². The minimum Gasteiger partial charge on any atom is -0.309 e. The smallest absolute Gasteiger partial charge is 0.0555 e. The summed E-state index contributed by atoms with van der Waals surface area (Å²) in [5.74, 6) is 0. The van der Waals surface area contributed by atoms with Crippen molar-refractivity contribution < 1.29 is 0 Å². The van der Waals surface area contributed by atoms with Crippen molar-refractivity contribution in [3.63, 3.8) is 0 Å². The van der Waals surface area contributed by atoms with Crippen LogP contribution in [0.1, 0.15) is 0 Å². The predicted octanol–water partition coefficient (Wildman–Crippen LogP) is 29.5. The lowest BCUT2D eigenvalue weighted by Gasteiger charge is -2.12. The van der Waals surface area contributed by atoms with Crippen molar-refractivity contribution >= 4 is 172 Å². The van der Waals surface area contributed by atoms with E-state index in [1.54, 1.807) is 0 Å². The van der Waals surface area contributed by atoms with Crippen molar-refractivity contribution in [2.75, 3.05) is 0 Å². The van der Waals surface area contributed by atoms with Gasteiger partial charge in [-0.05, 0) is 183 Å². The molecule has 0 spiro atoms. The summed E-state index contributed by atoms with van der Waals surface area (Å²) in [7, 11) is 0. The lowest BCUT2D eigenvalue weighted by Crippen LogP contribution is -1.95. The van der Waals surface area contributed by atoms with E-state index < -0.39 is 0 Å². The van der Waals surface area contributed by atoms with Gasteiger partial charge in [-0.3, -0.25) is 0 Å². The zero-order chi connectivity index (χ0) is 72.1.